The lowest BCUT2D eigenvalue weighted by Gasteiger charge is -2.19. The van der Waals surface area contributed by atoms with Gasteiger partial charge in [-0.2, -0.15) is 0 Å². The third kappa shape index (κ3) is 8.31. The SMILES string of the molecule is O=C(N[C@@H](CCCCCC1CC1c1ccccc1)C(=O)NCc1ccc(Cl)cc1)c1ccc(-c2ccccc2)cc1. The van der Waals surface area contributed by atoms with Crippen molar-refractivity contribution in [2.24, 2.45) is 5.92 Å². The molecule has 0 aliphatic heterocycles. The van der Waals surface area contributed by atoms with Crippen molar-refractivity contribution in [2.75, 3.05) is 0 Å². The molecule has 2 amide bonds. The number of hydrogen-bond donors (Lipinski definition) is 2. The highest BCUT2D eigenvalue weighted by molar-refractivity contribution is 6.30. The summed E-state index contributed by atoms with van der Waals surface area (Å²) >= 11 is 6.00. The Morgan fingerprint density at radius 3 is 2.12 bits per heavy atom. The Kier molecular flexibility index (Phi) is 9.87. The zero-order chi connectivity index (χ0) is 28.4. The fraction of sp³-hybridized carbons (Fsp3) is 0.278. The molecule has 0 aromatic heterocycles. The lowest BCUT2D eigenvalue weighted by Crippen LogP contribution is -2.46. The van der Waals surface area contributed by atoms with E-state index in [1.54, 1.807) is 0 Å². The van der Waals surface area contributed by atoms with Crippen LogP contribution in [0.3, 0.4) is 0 Å². The first-order valence-electron chi connectivity index (χ1n) is 14.6. The molecule has 0 bridgehead atoms. The van der Waals surface area contributed by atoms with Gasteiger partial charge < -0.3 is 10.6 Å². The highest BCUT2D eigenvalue weighted by Crippen LogP contribution is 2.50. The van der Waals surface area contributed by atoms with Gasteiger partial charge in [-0.15, -0.1) is 0 Å². The fourth-order valence-corrected chi connectivity index (χ4v) is 5.60. The van der Waals surface area contributed by atoms with Crippen LogP contribution in [0, 0.1) is 5.92 Å². The first-order valence-corrected chi connectivity index (χ1v) is 15.0. The predicted octanol–water partition coefficient (Wildman–Crippen LogP) is 8.18. The van der Waals surface area contributed by atoms with Gasteiger partial charge in [0.1, 0.15) is 6.04 Å². The number of hydrogen-bond acceptors (Lipinski definition) is 2. The number of halogens is 1. The molecule has 1 aliphatic carbocycles. The third-order valence-electron chi connectivity index (χ3n) is 7.97. The quantitative estimate of drug-likeness (QED) is 0.161. The predicted molar refractivity (Wildman–Crippen MR) is 167 cm³/mol. The number of carbonyl (C=O) groups is 2. The molecule has 1 saturated carbocycles. The second-order valence-corrected chi connectivity index (χ2v) is 11.4. The number of amides is 2. The summed E-state index contributed by atoms with van der Waals surface area (Å²) in [5.74, 6) is 1.07. The molecule has 4 aromatic carbocycles. The smallest absolute Gasteiger partial charge is 0.251 e. The Balaban J connectivity index is 1.14. The minimum absolute atomic E-state index is 0.166. The van der Waals surface area contributed by atoms with E-state index < -0.39 is 6.04 Å². The molecular formula is C36H37ClN2O2. The molecule has 210 valence electrons. The van der Waals surface area contributed by atoms with E-state index in [0.717, 1.165) is 41.9 Å². The number of unbranched alkanes of at least 4 members (excludes halogenated alkanes) is 2. The highest BCUT2D eigenvalue weighted by atomic mass is 35.5. The van der Waals surface area contributed by atoms with Crippen LogP contribution in [-0.4, -0.2) is 17.9 Å². The zero-order valence-electron chi connectivity index (χ0n) is 23.3. The minimum Gasteiger partial charge on any atom is -0.350 e. The monoisotopic (exact) mass is 564 g/mol. The van der Waals surface area contributed by atoms with E-state index in [1.807, 2.05) is 78.9 Å². The molecule has 4 aromatic rings. The minimum atomic E-state index is -0.596. The summed E-state index contributed by atoms with van der Waals surface area (Å²) in [6, 6.07) is 35.2. The number of carbonyl (C=O) groups excluding carboxylic acids is 2. The summed E-state index contributed by atoms with van der Waals surface area (Å²) in [7, 11) is 0. The number of benzene rings is 4. The molecular weight excluding hydrogens is 528 g/mol. The van der Waals surface area contributed by atoms with Gasteiger partial charge in [-0.05, 0) is 77.6 Å². The van der Waals surface area contributed by atoms with Crippen LogP contribution in [-0.2, 0) is 11.3 Å². The van der Waals surface area contributed by atoms with E-state index >= 15 is 0 Å². The van der Waals surface area contributed by atoms with E-state index in [0.29, 0.717) is 29.5 Å². The molecule has 5 rings (SSSR count). The Hall–Kier alpha value is -3.89. The molecule has 1 fully saturated rings. The van der Waals surface area contributed by atoms with Crippen molar-refractivity contribution >= 4 is 23.4 Å². The lowest BCUT2D eigenvalue weighted by atomic mass is 10.0. The standard InChI is InChI=1S/C36H37ClN2O2/c37-32-22-16-26(17-23-32)25-38-36(41)34(15-9-3-8-14-31-24-33(31)29-12-6-2-7-13-29)39-35(40)30-20-18-28(19-21-30)27-10-4-1-5-11-27/h1-2,4-7,10-13,16-23,31,33-34H,3,8-9,14-15,24-25H2,(H,38,41)(H,39,40)/t31?,33?,34-/m0/s1. The molecule has 0 radical (unpaired) electrons. The number of rotatable bonds is 13. The van der Waals surface area contributed by atoms with E-state index in [4.69, 9.17) is 11.6 Å². The molecule has 0 saturated heterocycles. The maximum Gasteiger partial charge on any atom is 0.251 e. The molecule has 4 nitrogen and oxygen atoms in total. The molecule has 3 atom stereocenters. The van der Waals surface area contributed by atoms with Crippen LogP contribution in [0.25, 0.3) is 11.1 Å². The van der Waals surface area contributed by atoms with Gasteiger partial charge in [0.25, 0.3) is 5.91 Å². The Morgan fingerprint density at radius 1 is 0.756 bits per heavy atom. The number of nitrogens with one attached hydrogen (secondary N) is 2. The molecule has 0 spiro atoms. The maximum absolute atomic E-state index is 13.2. The van der Waals surface area contributed by atoms with Crippen LogP contribution in [0.2, 0.25) is 5.02 Å². The van der Waals surface area contributed by atoms with E-state index in [-0.39, 0.29) is 11.8 Å². The summed E-state index contributed by atoms with van der Waals surface area (Å²) in [6.45, 7) is 0.386. The van der Waals surface area contributed by atoms with Crippen molar-refractivity contribution in [2.45, 2.75) is 57.0 Å². The van der Waals surface area contributed by atoms with Crippen molar-refractivity contribution in [1.29, 1.82) is 0 Å². The first-order chi connectivity index (χ1) is 20.1. The van der Waals surface area contributed by atoms with Crippen molar-refractivity contribution in [3.63, 3.8) is 0 Å². The van der Waals surface area contributed by atoms with Crippen LogP contribution in [0.5, 0.6) is 0 Å². The van der Waals surface area contributed by atoms with Crippen molar-refractivity contribution in [3.8, 4) is 11.1 Å². The van der Waals surface area contributed by atoms with E-state index in [1.165, 1.54) is 18.4 Å². The normalized spacial score (nSPS) is 16.5. The summed E-state index contributed by atoms with van der Waals surface area (Å²) < 4.78 is 0. The Bertz CT molecular complexity index is 1410. The van der Waals surface area contributed by atoms with Gasteiger partial charge in [-0.1, -0.05) is 116 Å². The topological polar surface area (TPSA) is 58.2 Å². The highest BCUT2D eigenvalue weighted by Gasteiger charge is 2.37. The van der Waals surface area contributed by atoms with Gasteiger partial charge in [0.15, 0.2) is 0 Å². The summed E-state index contributed by atoms with van der Waals surface area (Å²) in [5.41, 5.74) is 5.10. The molecule has 5 heteroatoms. The Labute approximate surface area is 248 Å². The average Bonchev–Trinajstić information content (AvgIpc) is 3.80. The van der Waals surface area contributed by atoms with Gasteiger partial charge in [-0.25, -0.2) is 0 Å². The van der Waals surface area contributed by atoms with E-state index in [9.17, 15) is 9.59 Å². The van der Waals surface area contributed by atoms with Crippen LogP contribution in [0.1, 0.15) is 65.9 Å². The van der Waals surface area contributed by atoms with Crippen LogP contribution in [0.15, 0.2) is 109 Å². The van der Waals surface area contributed by atoms with Crippen molar-refractivity contribution in [3.05, 3.63) is 131 Å². The maximum atomic E-state index is 13.2. The second kappa shape index (κ2) is 14.1. The largest absolute Gasteiger partial charge is 0.350 e. The van der Waals surface area contributed by atoms with E-state index in [2.05, 4.69) is 41.0 Å². The summed E-state index contributed by atoms with van der Waals surface area (Å²) in [5, 5.41) is 6.67. The van der Waals surface area contributed by atoms with Gasteiger partial charge in [0.2, 0.25) is 5.91 Å². The molecule has 0 heterocycles. The third-order valence-corrected chi connectivity index (χ3v) is 8.23. The zero-order valence-corrected chi connectivity index (χ0v) is 24.0. The van der Waals surface area contributed by atoms with Crippen molar-refractivity contribution in [1.82, 2.24) is 10.6 Å². The molecule has 2 unspecified atom stereocenters. The van der Waals surface area contributed by atoms with Crippen LogP contribution >= 0.6 is 11.6 Å². The van der Waals surface area contributed by atoms with Crippen LogP contribution < -0.4 is 10.6 Å². The molecule has 41 heavy (non-hydrogen) atoms. The molecule has 2 N–H and O–H groups in total. The summed E-state index contributed by atoms with van der Waals surface area (Å²) in [6.07, 6.45) is 6.16. The fourth-order valence-electron chi connectivity index (χ4n) is 5.48. The van der Waals surface area contributed by atoms with Crippen LogP contribution in [0.4, 0.5) is 0 Å². The summed E-state index contributed by atoms with van der Waals surface area (Å²) in [4.78, 5) is 26.4. The van der Waals surface area contributed by atoms with Crippen molar-refractivity contribution < 1.29 is 9.59 Å². The average molecular weight is 565 g/mol. The molecule has 1 aliphatic rings. The second-order valence-electron chi connectivity index (χ2n) is 11.0. The van der Waals surface area contributed by atoms with Gasteiger partial charge in [0.05, 0.1) is 0 Å². The Morgan fingerprint density at radius 2 is 1.41 bits per heavy atom. The first kappa shape index (κ1) is 28.6. The van der Waals surface area contributed by atoms with Gasteiger partial charge in [-0.3, -0.25) is 9.59 Å². The van der Waals surface area contributed by atoms with Gasteiger partial charge >= 0.3 is 0 Å². The lowest BCUT2D eigenvalue weighted by molar-refractivity contribution is -0.123. The van der Waals surface area contributed by atoms with Gasteiger partial charge in [0, 0.05) is 17.1 Å².